The molecule has 3 nitrogen and oxygen atoms in total. The minimum atomic E-state index is -0.0150. The van der Waals surface area contributed by atoms with E-state index in [1.807, 2.05) is 6.07 Å². The summed E-state index contributed by atoms with van der Waals surface area (Å²) in [7, 11) is 0. The molecule has 3 rings (SSSR count). The lowest BCUT2D eigenvalue weighted by molar-refractivity contribution is 0.418. The Bertz CT molecular complexity index is 613. The summed E-state index contributed by atoms with van der Waals surface area (Å²) in [5, 5.41) is 0.770. The Hall–Kier alpha value is -1.03. The third kappa shape index (κ3) is 1.66. The van der Waals surface area contributed by atoms with Crippen LogP contribution in [0.3, 0.4) is 0 Å². The first-order valence-corrected chi connectivity index (χ1v) is 6.85. The standard InChI is InChI=1S/C13H15BrN2O/c1-8-3-2-4-10(8)16-7-9(14)12-11(16)5-6-15-13(12)17/h5-8,10H,2-4H2,1H3,(H,15,17). The van der Waals surface area contributed by atoms with E-state index < -0.39 is 0 Å². The van der Waals surface area contributed by atoms with Crippen molar-refractivity contribution in [3.63, 3.8) is 0 Å². The Balaban J connectivity index is 2.24. The molecule has 2 heterocycles. The van der Waals surface area contributed by atoms with Gasteiger partial charge in [0.05, 0.1) is 10.9 Å². The summed E-state index contributed by atoms with van der Waals surface area (Å²) in [4.78, 5) is 14.5. The Morgan fingerprint density at radius 1 is 1.47 bits per heavy atom. The maximum Gasteiger partial charge on any atom is 0.258 e. The number of fused-ring (bicyclic) bond motifs is 1. The average molecular weight is 295 g/mol. The van der Waals surface area contributed by atoms with E-state index in [1.54, 1.807) is 6.20 Å². The molecule has 1 aliphatic rings. The summed E-state index contributed by atoms with van der Waals surface area (Å²) < 4.78 is 3.17. The van der Waals surface area contributed by atoms with Gasteiger partial charge in [-0.2, -0.15) is 0 Å². The smallest absolute Gasteiger partial charge is 0.258 e. The van der Waals surface area contributed by atoms with Crippen LogP contribution in [0.4, 0.5) is 0 Å². The first-order chi connectivity index (χ1) is 8.18. The Kier molecular flexibility index (Phi) is 2.62. The lowest BCUT2D eigenvalue weighted by Crippen LogP contribution is -2.11. The van der Waals surface area contributed by atoms with Crippen LogP contribution in [0.1, 0.15) is 32.2 Å². The highest BCUT2D eigenvalue weighted by atomic mass is 79.9. The largest absolute Gasteiger partial charge is 0.343 e. The van der Waals surface area contributed by atoms with Gasteiger partial charge in [-0.05, 0) is 40.8 Å². The van der Waals surface area contributed by atoms with Crippen LogP contribution >= 0.6 is 15.9 Å². The van der Waals surface area contributed by atoms with Gasteiger partial charge in [-0.25, -0.2) is 0 Å². The fraction of sp³-hybridized carbons (Fsp3) is 0.462. The second kappa shape index (κ2) is 4.02. The first kappa shape index (κ1) is 11.1. The highest BCUT2D eigenvalue weighted by Crippen LogP contribution is 2.38. The van der Waals surface area contributed by atoms with Crippen LogP contribution in [-0.2, 0) is 0 Å². The van der Waals surface area contributed by atoms with Crippen molar-refractivity contribution >= 4 is 26.8 Å². The summed E-state index contributed by atoms with van der Waals surface area (Å²) in [6.07, 6.45) is 7.57. The highest BCUT2D eigenvalue weighted by molar-refractivity contribution is 9.10. The molecule has 0 aromatic carbocycles. The van der Waals surface area contributed by atoms with Crippen LogP contribution in [-0.4, -0.2) is 9.55 Å². The van der Waals surface area contributed by atoms with E-state index in [2.05, 4.69) is 38.6 Å². The van der Waals surface area contributed by atoms with Crippen LogP contribution in [0, 0.1) is 5.92 Å². The number of halogens is 1. The lowest BCUT2D eigenvalue weighted by atomic mass is 10.1. The summed E-state index contributed by atoms with van der Waals surface area (Å²) in [5.74, 6) is 0.691. The third-order valence-electron chi connectivity index (χ3n) is 3.88. The number of hydrogen-bond donors (Lipinski definition) is 1. The third-order valence-corrected chi connectivity index (χ3v) is 4.48. The van der Waals surface area contributed by atoms with Crippen LogP contribution in [0.15, 0.2) is 27.7 Å². The summed E-state index contributed by atoms with van der Waals surface area (Å²) in [6, 6.07) is 2.53. The minimum Gasteiger partial charge on any atom is -0.343 e. The van der Waals surface area contributed by atoms with Gasteiger partial charge >= 0.3 is 0 Å². The van der Waals surface area contributed by atoms with Crippen molar-refractivity contribution in [1.82, 2.24) is 9.55 Å². The van der Waals surface area contributed by atoms with Gasteiger partial charge in [-0.1, -0.05) is 13.3 Å². The number of hydrogen-bond acceptors (Lipinski definition) is 1. The average Bonchev–Trinajstić information content (AvgIpc) is 2.84. The Morgan fingerprint density at radius 3 is 3.00 bits per heavy atom. The second-order valence-electron chi connectivity index (χ2n) is 4.93. The number of pyridine rings is 1. The molecule has 1 N–H and O–H groups in total. The molecule has 90 valence electrons. The van der Waals surface area contributed by atoms with Gasteiger partial charge in [0.15, 0.2) is 0 Å². The molecular formula is C13H15BrN2O. The number of aromatic amines is 1. The second-order valence-corrected chi connectivity index (χ2v) is 5.78. The quantitative estimate of drug-likeness (QED) is 0.859. The molecule has 0 amide bonds. The molecule has 0 saturated heterocycles. The molecule has 1 fully saturated rings. The molecule has 1 saturated carbocycles. The van der Waals surface area contributed by atoms with E-state index in [0.717, 1.165) is 15.4 Å². The topological polar surface area (TPSA) is 37.8 Å². The Labute approximate surface area is 108 Å². The van der Waals surface area contributed by atoms with Crippen LogP contribution in [0.5, 0.6) is 0 Å². The summed E-state index contributed by atoms with van der Waals surface area (Å²) >= 11 is 3.49. The SMILES string of the molecule is CC1CCCC1n1cc(Br)c2c(=O)[nH]ccc21. The van der Waals surface area contributed by atoms with E-state index in [4.69, 9.17) is 0 Å². The molecule has 17 heavy (non-hydrogen) atoms. The number of aromatic nitrogens is 2. The molecule has 1 aliphatic carbocycles. The summed E-state index contributed by atoms with van der Waals surface area (Å²) in [5.41, 5.74) is 1.03. The number of nitrogens with zero attached hydrogens (tertiary/aromatic N) is 1. The van der Waals surface area contributed by atoms with Gasteiger partial charge in [-0.3, -0.25) is 4.79 Å². The van der Waals surface area contributed by atoms with Gasteiger partial charge in [0.1, 0.15) is 0 Å². The molecule has 4 heteroatoms. The monoisotopic (exact) mass is 294 g/mol. The molecule has 0 radical (unpaired) electrons. The van der Waals surface area contributed by atoms with Gasteiger partial charge in [-0.15, -0.1) is 0 Å². The van der Waals surface area contributed by atoms with Crippen LogP contribution < -0.4 is 5.56 Å². The normalized spacial score (nSPS) is 24.6. The lowest BCUT2D eigenvalue weighted by Gasteiger charge is -2.18. The van der Waals surface area contributed by atoms with Crippen molar-refractivity contribution in [2.75, 3.05) is 0 Å². The molecule has 0 spiro atoms. The minimum absolute atomic E-state index is 0.0150. The van der Waals surface area contributed by atoms with Crippen molar-refractivity contribution in [3.05, 3.63) is 33.3 Å². The van der Waals surface area contributed by atoms with E-state index in [9.17, 15) is 4.79 Å². The zero-order valence-corrected chi connectivity index (χ0v) is 11.3. The number of rotatable bonds is 1. The van der Waals surface area contributed by atoms with Gasteiger partial charge in [0.2, 0.25) is 0 Å². The molecular weight excluding hydrogens is 280 g/mol. The predicted octanol–water partition coefficient (Wildman–Crippen LogP) is 3.45. The molecule has 2 aromatic heterocycles. The van der Waals surface area contributed by atoms with E-state index in [-0.39, 0.29) is 5.56 Å². The highest BCUT2D eigenvalue weighted by Gasteiger charge is 2.26. The molecule has 0 bridgehead atoms. The van der Waals surface area contributed by atoms with E-state index in [0.29, 0.717) is 12.0 Å². The first-order valence-electron chi connectivity index (χ1n) is 6.06. The molecule has 0 aliphatic heterocycles. The van der Waals surface area contributed by atoms with Crippen molar-refractivity contribution in [2.45, 2.75) is 32.2 Å². The molecule has 2 atom stereocenters. The van der Waals surface area contributed by atoms with E-state index >= 15 is 0 Å². The van der Waals surface area contributed by atoms with Crippen LogP contribution in [0.2, 0.25) is 0 Å². The van der Waals surface area contributed by atoms with Gasteiger partial charge < -0.3 is 9.55 Å². The number of H-pyrrole nitrogens is 1. The number of nitrogens with one attached hydrogen (secondary N) is 1. The van der Waals surface area contributed by atoms with Crippen molar-refractivity contribution in [3.8, 4) is 0 Å². The van der Waals surface area contributed by atoms with Crippen molar-refractivity contribution in [1.29, 1.82) is 0 Å². The zero-order chi connectivity index (χ0) is 12.0. The zero-order valence-electron chi connectivity index (χ0n) is 9.74. The van der Waals surface area contributed by atoms with Gasteiger partial charge in [0.25, 0.3) is 5.56 Å². The van der Waals surface area contributed by atoms with E-state index in [1.165, 1.54) is 19.3 Å². The Morgan fingerprint density at radius 2 is 2.29 bits per heavy atom. The van der Waals surface area contributed by atoms with Crippen molar-refractivity contribution in [2.24, 2.45) is 5.92 Å². The summed E-state index contributed by atoms with van der Waals surface area (Å²) in [6.45, 7) is 2.30. The van der Waals surface area contributed by atoms with Crippen LogP contribution in [0.25, 0.3) is 10.9 Å². The fourth-order valence-corrected chi connectivity index (χ4v) is 3.59. The maximum absolute atomic E-state index is 11.8. The fourth-order valence-electron chi connectivity index (χ4n) is 2.98. The van der Waals surface area contributed by atoms with Crippen molar-refractivity contribution < 1.29 is 0 Å². The molecule has 2 unspecified atom stereocenters. The van der Waals surface area contributed by atoms with Gasteiger partial charge in [0, 0.05) is 22.9 Å². The molecule has 2 aromatic rings. The predicted molar refractivity (Wildman–Crippen MR) is 72.3 cm³/mol. The maximum atomic E-state index is 11.8.